The molecule has 0 aromatic heterocycles. The van der Waals surface area contributed by atoms with E-state index >= 15 is 0 Å². The lowest BCUT2D eigenvalue weighted by molar-refractivity contribution is 0.176. The van der Waals surface area contributed by atoms with Crippen LogP contribution in [0.5, 0.6) is 0 Å². The predicted octanol–water partition coefficient (Wildman–Crippen LogP) is 1.36. The van der Waals surface area contributed by atoms with Gasteiger partial charge in [-0.25, -0.2) is 12.7 Å². The molecule has 0 aromatic carbocycles. The molecule has 1 aliphatic heterocycles. The van der Waals surface area contributed by atoms with Crippen molar-refractivity contribution < 1.29 is 8.42 Å². The van der Waals surface area contributed by atoms with Gasteiger partial charge in [0, 0.05) is 19.0 Å². The average Bonchev–Trinajstić information content (AvgIpc) is 2.36. The van der Waals surface area contributed by atoms with Crippen LogP contribution in [0.4, 0.5) is 0 Å². The first kappa shape index (κ1) is 15.2. The van der Waals surface area contributed by atoms with E-state index in [2.05, 4.69) is 11.8 Å². The molecule has 1 aliphatic rings. The van der Waals surface area contributed by atoms with E-state index in [0.29, 0.717) is 0 Å². The van der Waals surface area contributed by atoms with Gasteiger partial charge in [-0.3, -0.25) is 0 Å². The number of sulfonamides is 1. The second-order valence-electron chi connectivity index (χ2n) is 4.69. The largest absolute Gasteiger partial charge is 0.303 e. The van der Waals surface area contributed by atoms with Crippen LogP contribution in [-0.2, 0) is 10.0 Å². The monoisotopic (exact) mass is 282 g/mol. The minimum Gasteiger partial charge on any atom is -0.303 e. The number of nitrogens with zero attached hydrogens (tertiary/aromatic N) is 2. The fourth-order valence-electron chi connectivity index (χ4n) is 2.17. The van der Waals surface area contributed by atoms with E-state index in [9.17, 15) is 8.42 Å². The number of likely N-dealkylation sites (tertiary alicyclic amines) is 1. The molecule has 1 atom stereocenters. The van der Waals surface area contributed by atoms with Gasteiger partial charge in [0.2, 0.25) is 10.0 Å². The van der Waals surface area contributed by atoms with Crippen LogP contribution in [-0.4, -0.2) is 61.5 Å². The number of piperidine rings is 1. The highest BCUT2D eigenvalue weighted by atomic mass is 35.5. The Labute approximate surface area is 110 Å². The summed E-state index contributed by atoms with van der Waals surface area (Å²) in [6.07, 6.45) is 1.83. The molecule has 1 unspecified atom stereocenters. The Kier molecular flexibility index (Phi) is 5.70. The smallest absolute Gasteiger partial charge is 0.217 e. The molecule has 102 valence electrons. The Morgan fingerprint density at radius 1 is 1.41 bits per heavy atom. The topological polar surface area (TPSA) is 40.6 Å². The summed E-state index contributed by atoms with van der Waals surface area (Å²) in [5, 5.41) is -0.502. The summed E-state index contributed by atoms with van der Waals surface area (Å²) in [7, 11) is -1.54. The number of halogens is 1. The third kappa shape index (κ3) is 3.56. The molecule has 0 radical (unpaired) electrons. The van der Waals surface area contributed by atoms with Gasteiger partial charge < -0.3 is 4.90 Å². The Hall–Kier alpha value is 0.160. The van der Waals surface area contributed by atoms with E-state index in [-0.39, 0.29) is 11.9 Å². The van der Waals surface area contributed by atoms with Crippen molar-refractivity contribution in [2.75, 3.05) is 32.6 Å². The molecule has 1 saturated heterocycles. The van der Waals surface area contributed by atoms with E-state index < -0.39 is 15.3 Å². The maximum atomic E-state index is 12.1. The van der Waals surface area contributed by atoms with Crippen molar-refractivity contribution in [3.05, 3.63) is 0 Å². The van der Waals surface area contributed by atoms with Crippen molar-refractivity contribution in [2.45, 2.75) is 38.0 Å². The standard InChI is InChI=1S/C11H23ClN2O2S/c1-4-14-7-5-11(6-8-14)13(3)17(15,16)10(2)9-12/h10-11H,4-9H2,1-3H3. The minimum absolute atomic E-state index is 0.133. The SMILES string of the molecule is CCN1CCC(N(C)S(=O)(=O)C(C)CCl)CC1. The fourth-order valence-corrected chi connectivity index (χ4v) is 4.00. The fraction of sp³-hybridized carbons (Fsp3) is 1.00. The van der Waals surface area contributed by atoms with Gasteiger partial charge in [-0.1, -0.05) is 6.92 Å². The molecule has 0 aromatic rings. The first-order chi connectivity index (χ1) is 7.93. The first-order valence-electron chi connectivity index (χ1n) is 6.18. The van der Waals surface area contributed by atoms with Gasteiger partial charge in [0.1, 0.15) is 0 Å². The van der Waals surface area contributed by atoms with Crippen molar-refractivity contribution in [3.8, 4) is 0 Å². The zero-order valence-corrected chi connectivity index (χ0v) is 12.5. The van der Waals surface area contributed by atoms with E-state index in [0.717, 1.165) is 32.5 Å². The predicted molar refractivity (Wildman–Crippen MR) is 72.0 cm³/mol. The van der Waals surface area contributed by atoms with Gasteiger partial charge in [0.15, 0.2) is 0 Å². The molecule has 6 heteroatoms. The highest BCUT2D eigenvalue weighted by Gasteiger charge is 2.32. The summed E-state index contributed by atoms with van der Waals surface area (Å²) in [5.41, 5.74) is 0. The van der Waals surface area contributed by atoms with Crippen molar-refractivity contribution in [1.82, 2.24) is 9.21 Å². The Bertz CT molecular complexity index is 326. The van der Waals surface area contributed by atoms with E-state index in [1.54, 1.807) is 14.0 Å². The summed E-state index contributed by atoms with van der Waals surface area (Å²) in [4.78, 5) is 2.35. The quantitative estimate of drug-likeness (QED) is 0.715. The van der Waals surface area contributed by atoms with Gasteiger partial charge in [-0.2, -0.15) is 0 Å². The molecule has 0 bridgehead atoms. The molecule has 1 fully saturated rings. The van der Waals surface area contributed by atoms with Crippen molar-refractivity contribution in [3.63, 3.8) is 0 Å². The zero-order chi connectivity index (χ0) is 13.1. The minimum atomic E-state index is -3.23. The summed E-state index contributed by atoms with van der Waals surface area (Å²) >= 11 is 5.65. The molecule has 1 rings (SSSR count). The maximum Gasteiger partial charge on any atom is 0.217 e. The lowest BCUT2D eigenvalue weighted by Crippen LogP contribution is -2.47. The number of hydrogen-bond donors (Lipinski definition) is 0. The normalized spacial score (nSPS) is 21.9. The number of hydrogen-bond acceptors (Lipinski definition) is 3. The molecular weight excluding hydrogens is 260 g/mol. The maximum absolute atomic E-state index is 12.1. The van der Waals surface area contributed by atoms with Crippen LogP contribution in [0.2, 0.25) is 0 Å². The lowest BCUT2D eigenvalue weighted by atomic mass is 10.1. The van der Waals surface area contributed by atoms with Crippen molar-refractivity contribution >= 4 is 21.6 Å². The lowest BCUT2D eigenvalue weighted by Gasteiger charge is -2.36. The van der Waals surface area contributed by atoms with Crippen molar-refractivity contribution in [1.29, 1.82) is 0 Å². The Morgan fingerprint density at radius 2 is 1.94 bits per heavy atom. The highest BCUT2D eigenvalue weighted by molar-refractivity contribution is 7.89. The van der Waals surface area contributed by atoms with E-state index in [1.165, 1.54) is 4.31 Å². The summed E-state index contributed by atoms with van der Waals surface area (Å²) in [6, 6.07) is 0.133. The third-order valence-corrected chi connectivity index (χ3v) is 6.58. The molecular formula is C11H23ClN2O2S. The van der Waals surface area contributed by atoms with Gasteiger partial charge >= 0.3 is 0 Å². The van der Waals surface area contributed by atoms with Crippen LogP contribution >= 0.6 is 11.6 Å². The molecule has 4 nitrogen and oxygen atoms in total. The Balaban J connectivity index is 2.63. The van der Waals surface area contributed by atoms with E-state index in [4.69, 9.17) is 11.6 Å². The van der Waals surface area contributed by atoms with Crippen LogP contribution in [0.1, 0.15) is 26.7 Å². The van der Waals surface area contributed by atoms with Crippen molar-refractivity contribution in [2.24, 2.45) is 0 Å². The highest BCUT2D eigenvalue weighted by Crippen LogP contribution is 2.20. The second-order valence-corrected chi connectivity index (χ2v) is 7.41. The first-order valence-corrected chi connectivity index (χ1v) is 8.22. The van der Waals surface area contributed by atoms with Crippen LogP contribution in [0.25, 0.3) is 0 Å². The average molecular weight is 283 g/mol. The van der Waals surface area contributed by atoms with Gasteiger partial charge in [0.25, 0.3) is 0 Å². The zero-order valence-electron chi connectivity index (χ0n) is 10.9. The molecule has 0 aliphatic carbocycles. The van der Waals surface area contributed by atoms with Crippen LogP contribution < -0.4 is 0 Å². The number of rotatable bonds is 5. The summed E-state index contributed by atoms with van der Waals surface area (Å²) in [5.74, 6) is 0.153. The molecule has 0 N–H and O–H groups in total. The number of alkyl halides is 1. The molecule has 1 heterocycles. The van der Waals surface area contributed by atoms with Gasteiger partial charge in [-0.15, -0.1) is 11.6 Å². The van der Waals surface area contributed by atoms with Gasteiger partial charge in [-0.05, 0) is 39.4 Å². The summed E-state index contributed by atoms with van der Waals surface area (Å²) in [6.45, 7) is 6.81. The Morgan fingerprint density at radius 3 is 2.35 bits per heavy atom. The third-order valence-electron chi connectivity index (χ3n) is 3.65. The van der Waals surface area contributed by atoms with Crippen LogP contribution in [0.15, 0.2) is 0 Å². The molecule has 0 saturated carbocycles. The molecule has 0 spiro atoms. The van der Waals surface area contributed by atoms with E-state index in [1.807, 2.05) is 0 Å². The second kappa shape index (κ2) is 6.36. The van der Waals surface area contributed by atoms with Crippen LogP contribution in [0, 0.1) is 0 Å². The molecule has 0 amide bonds. The molecule has 17 heavy (non-hydrogen) atoms. The summed E-state index contributed by atoms with van der Waals surface area (Å²) < 4.78 is 25.8. The van der Waals surface area contributed by atoms with Crippen LogP contribution in [0.3, 0.4) is 0 Å². The van der Waals surface area contributed by atoms with Gasteiger partial charge in [0.05, 0.1) is 5.25 Å².